The van der Waals surface area contributed by atoms with E-state index in [0.29, 0.717) is 11.8 Å². The second-order valence-electron chi connectivity index (χ2n) is 5.03. The Balaban J connectivity index is 2.45. The predicted molar refractivity (Wildman–Crippen MR) is 63.8 cm³/mol. The van der Waals surface area contributed by atoms with E-state index in [1.807, 2.05) is 7.05 Å². The summed E-state index contributed by atoms with van der Waals surface area (Å²) >= 11 is 0. The van der Waals surface area contributed by atoms with Crippen molar-refractivity contribution < 1.29 is 8.42 Å². The molecule has 2 unspecified atom stereocenters. The zero-order chi connectivity index (χ0) is 11.5. The highest BCUT2D eigenvalue weighted by Crippen LogP contribution is 2.40. The van der Waals surface area contributed by atoms with Gasteiger partial charge in [0, 0.05) is 11.8 Å². The molecule has 90 valence electrons. The van der Waals surface area contributed by atoms with E-state index in [4.69, 9.17) is 0 Å². The van der Waals surface area contributed by atoms with Crippen LogP contribution in [0.15, 0.2) is 0 Å². The van der Waals surface area contributed by atoms with Gasteiger partial charge in [-0.1, -0.05) is 13.8 Å². The Morgan fingerprint density at radius 1 is 1.47 bits per heavy atom. The van der Waals surface area contributed by atoms with Crippen LogP contribution in [0.1, 0.15) is 39.5 Å². The van der Waals surface area contributed by atoms with Crippen LogP contribution in [0.5, 0.6) is 0 Å². The summed E-state index contributed by atoms with van der Waals surface area (Å²) in [5.74, 6) is 0.634. The minimum atomic E-state index is -2.79. The molecule has 0 aromatic rings. The maximum Gasteiger partial charge on any atom is 0.150 e. The maximum absolute atomic E-state index is 11.4. The normalized spacial score (nSPS) is 32.1. The van der Waals surface area contributed by atoms with Gasteiger partial charge >= 0.3 is 0 Å². The van der Waals surface area contributed by atoms with Crippen LogP contribution < -0.4 is 5.32 Å². The number of nitrogens with one attached hydrogen (secondary N) is 1. The first kappa shape index (κ1) is 13.0. The van der Waals surface area contributed by atoms with Crippen molar-refractivity contribution in [3.63, 3.8) is 0 Å². The average molecular weight is 233 g/mol. The van der Waals surface area contributed by atoms with Crippen molar-refractivity contribution >= 4 is 9.84 Å². The molecular formula is C11H23NO2S. The Morgan fingerprint density at radius 3 is 2.60 bits per heavy atom. The Bertz CT molecular complexity index is 300. The summed E-state index contributed by atoms with van der Waals surface area (Å²) in [5, 5.41) is 3.28. The first-order chi connectivity index (χ1) is 6.91. The number of rotatable bonds is 5. The molecule has 15 heavy (non-hydrogen) atoms. The van der Waals surface area contributed by atoms with Gasteiger partial charge in [-0.05, 0) is 38.1 Å². The Morgan fingerprint density at radius 2 is 2.13 bits per heavy atom. The van der Waals surface area contributed by atoms with E-state index in [2.05, 4.69) is 12.2 Å². The molecule has 1 fully saturated rings. The molecule has 0 radical (unpaired) electrons. The summed E-state index contributed by atoms with van der Waals surface area (Å²) in [6.45, 7) is 3.94. The molecule has 3 nitrogen and oxygen atoms in total. The summed E-state index contributed by atoms with van der Waals surface area (Å²) in [5.41, 5.74) is 0.232. The van der Waals surface area contributed by atoms with Crippen molar-refractivity contribution in [1.82, 2.24) is 5.32 Å². The third-order valence-electron chi connectivity index (χ3n) is 3.70. The fourth-order valence-electron chi connectivity index (χ4n) is 2.34. The molecule has 0 heterocycles. The second kappa shape index (κ2) is 4.83. The van der Waals surface area contributed by atoms with Crippen molar-refractivity contribution in [2.45, 2.75) is 45.6 Å². The van der Waals surface area contributed by atoms with Crippen LogP contribution in [-0.2, 0) is 9.84 Å². The third kappa shape index (κ3) is 3.76. The first-order valence-electron chi connectivity index (χ1n) is 5.78. The van der Waals surface area contributed by atoms with E-state index in [9.17, 15) is 8.42 Å². The average Bonchev–Trinajstić information content (AvgIpc) is 2.59. The highest BCUT2D eigenvalue weighted by Gasteiger charge is 2.34. The number of hydrogen-bond acceptors (Lipinski definition) is 3. The van der Waals surface area contributed by atoms with E-state index in [-0.39, 0.29) is 11.2 Å². The van der Waals surface area contributed by atoms with Gasteiger partial charge in [0.2, 0.25) is 0 Å². The summed E-state index contributed by atoms with van der Waals surface area (Å²) in [6, 6.07) is 0.583. The topological polar surface area (TPSA) is 46.2 Å². The van der Waals surface area contributed by atoms with E-state index in [1.165, 1.54) is 6.42 Å². The van der Waals surface area contributed by atoms with E-state index in [1.54, 1.807) is 6.92 Å². The molecular weight excluding hydrogens is 210 g/mol. The van der Waals surface area contributed by atoms with Crippen LogP contribution in [0, 0.1) is 5.41 Å². The van der Waals surface area contributed by atoms with Crippen molar-refractivity contribution in [1.29, 1.82) is 0 Å². The highest BCUT2D eigenvalue weighted by atomic mass is 32.2. The van der Waals surface area contributed by atoms with Gasteiger partial charge in [-0.25, -0.2) is 8.42 Å². The Kier molecular flexibility index (Phi) is 4.18. The van der Waals surface area contributed by atoms with Crippen LogP contribution in [0.4, 0.5) is 0 Å². The maximum atomic E-state index is 11.4. The molecule has 0 aromatic carbocycles. The molecule has 0 amide bonds. The minimum absolute atomic E-state index is 0.232. The van der Waals surface area contributed by atoms with E-state index < -0.39 is 9.84 Å². The van der Waals surface area contributed by atoms with Gasteiger partial charge in [-0.3, -0.25) is 0 Å². The summed E-state index contributed by atoms with van der Waals surface area (Å²) in [6.07, 6.45) is 4.26. The molecule has 0 aliphatic heterocycles. The Labute approximate surface area is 93.6 Å². The van der Waals surface area contributed by atoms with Gasteiger partial charge in [0.1, 0.15) is 9.84 Å². The zero-order valence-electron chi connectivity index (χ0n) is 10.0. The molecule has 1 aliphatic rings. The molecule has 1 aliphatic carbocycles. The van der Waals surface area contributed by atoms with Gasteiger partial charge < -0.3 is 5.32 Å². The quantitative estimate of drug-likeness (QED) is 0.784. The van der Waals surface area contributed by atoms with Crippen molar-refractivity contribution in [3.05, 3.63) is 0 Å². The molecule has 1 saturated carbocycles. The lowest BCUT2D eigenvalue weighted by molar-refractivity contribution is 0.315. The minimum Gasteiger partial charge on any atom is -0.317 e. The van der Waals surface area contributed by atoms with Crippen molar-refractivity contribution in [2.75, 3.05) is 18.6 Å². The van der Waals surface area contributed by atoms with Crippen molar-refractivity contribution in [2.24, 2.45) is 5.41 Å². The molecule has 4 heteroatoms. The van der Waals surface area contributed by atoms with Crippen LogP contribution in [0.2, 0.25) is 0 Å². The van der Waals surface area contributed by atoms with E-state index in [0.717, 1.165) is 19.3 Å². The molecule has 1 N–H and O–H groups in total. The lowest BCUT2D eigenvalue weighted by Crippen LogP contribution is -2.25. The van der Waals surface area contributed by atoms with Gasteiger partial charge in [0.15, 0.2) is 0 Å². The predicted octanol–water partition coefficient (Wildman–Crippen LogP) is 1.59. The summed E-state index contributed by atoms with van der Waals surface area (Å²) in [4.78, 5) is 0. The lowest BCUT2D eigenvalue weighted by Gasteiger charge is -2.23. The highest BCUT2D eigenvalue weighted by molar-refractivity contribution is 7.91. The van der Waals surface area contributed by atoms with E-state index >= 15 is 0 Å². The van der Waals surface area contributed by atoms with Gasteiger partial charge in [0.25, 0.3) is 0 Å². The van der Waals surface area contributed by atoms with Crippen LogP contribution in [-0.4, -0.2) is 33.0 Å². The fraction of sp³-hybridized carbons (Fsp3) is 1.00. The fourth-order valence-corrected chi connectivity index (χ4v) is 3.43. The smallest absolute Gasteiger partial charge is 0.150 e. The molecule has 1 rings (SSSR count). The summed E-state index contributed by atoms with van der Waals surface area (Å²) in [7, 11) is -0.804. The molecule has 2 atom stereocenters. The SMILES string of the molecule is CCS(=O)(=O)CCC1(C)CCC(NC)C1. The largest absolute Gasteiger partial charge is 0.317 e. The van der Waals surface area contributed by atoms with Gasteiger partial charge in [-0.2, -0.15) is 0 Å². The van der Waals surface area contributed by atoms with Crippen LogP contribution >= 0.6 is 0 Å². The monoisotopic (exact) mass is 233 g/mol. The van der Waals surface area contributed by atoms with Crippen LogP contribution in [0.25, 0.3) is 0 Å². The molecule has 0 aromatic heterocycles. The lowest BCUT2D eigenvalue weighted by atomic mass is 9.86. The van der Waals surface area contributed by atoms with Gasteiger partial charge in [0.05, 0.1) is 5.75 Å². The van der Waals surface area contributed by atoms with Gasteiger partial charge in [-0.15, -0.1) is 0 Å². The first-order valence-corrected chi connectivity index (χ1v) is 7.60. The zero-order valence-corrected chi connectivity index (χ0v) is 10.9. The van der Waals surface area contributed by atoms with Crippen LogP contribution in [0.3, 0.4) is 0 Å². The van der Waals surface area contributed by atoms with Crippen molar-refractivity contribution in [3.8, 4) is 0 Å². The second-order valence-corrected chi connectivity index (χ2v) is 7.50. The summed E-state index contributed by atoms with van der Waals surface area (Å²) < 4.78 is 22.9. The molecule has 0 spiro atoms. The standard InChI is InChI=1S/C11H23NO2S/c1-4-15(13,14)8-7-11(2)6-5-10(9-11)12-3/h10,12H,4-9H2,1-3H3. The number of hydrogen-bond donors (Lipinski definition) is 1. The Hall–Kier alpha value is -0.0900. The third-order valence-corrected chi connectivity index (χ3v) is 5.41. The molecule has 0 saturated heterocycles. The molecule has 0 bridgehead atoms. The number of sulfone groups is 1.